The molecule has 0 saturated heterocycles. The van der Waals surface area contributed by atoms with E-state index in [9.17, 15) is 0 Å². The number of rotatable bonds is 6. The molecule has 6 aromatic carbocycles. The Labute approximate surface area is 248 Å². The molecule has 1 aliphatic carbocycles. The van der Waals surface area contributed by atoms with Crippen LogP contribution in [-0.4, -0.2) is 0 Å². The molecule has 0 amide bonds. The van der Waals surface area contributed by atoms with E-state index in [1.54, 1.807) is 6.08 Å². The molecule has 0 heterocycles. The van der Waals surface area contributed by atoms with Gasteiger partial charge in [-0.1, -0.05) is 118 Å². The predicted octanol–water partition coefficient (Wildman–Crippen LogP) is 11.5. The molecular weight excluding hydrogens is 506 g/mol. The average molecular weight is 540 g/mol. The van der Waals surface area contributed by atoms with Crippen LogP contribution in [-0.2, 0) is 5.41 Å². The van der Waals surface area contributed by atoms with Crippen molar-refractivity contribution in [1.29, 1.82) is 0 Å². The Morgan fingerprint density at radius 2 is 1.19 bits per heavy atom. The fourth-order valence-electron chi connectivity index (χ4n) is 6.40. The Morgan fingerprint density at radius 1 is 0.571 bits per heavy atom. The summed E-state index contributed by atoms with van der Waals surface area (Å²) in [6.45, 7) is 12.7. The van der Waals surface area contributed by atoms with Gasteiger partial charge in [0, 0.05) is 22.5 Å². The van der Waals surface area contributed by atoms with Gasteiger partial charge in [-0.25, -0.2) is 0 Å². The van der Waals surface area contributed by atoms with Crippen molar-refractivity contribution < 1.29 is 0 Å². The summed E-state index contributed by atoms with van der Waals surface area (Å²) in [5, 5.41) is 2.50. The van der Waals surface area contributed by atoms with E-state index in [2.05, 4.69) is 165 Å². The topological polar surface area (TPSA) is 3.24 Å². The Morgan fingerprint density at radius 3 is 1.90 bits per heavy atom. The standard InChI is InChI=1S/C41H33N/c1-5-28(2)29-15-20-34(21-16-29)42(35-22-17-31(18-23-35)30-11-7-6-8-12-30)36-24-19-32-27-40-38(26-33(32)25-36)37-13-9-10-14-39(37)41(40,3)4/h5-27H,1-2H2,3-4H3. The van der Waals surface area contributed by atoms with Gasteiger partial charge >= 0.3 is 0 Å². The minimum atomic E-state index is -0.0114. The summed E-state index contributed by atoms with van der Waals surface area (Å²) in [5.74, 6) is 0. The van der Waals surface area contributed by atoms with Crippen molar-refractivity contribution in [1.82, 2.24) is 0 Å². The molecule has 0 spiro atoms. The molecule has 0 aliphatic heterocycles. The van der Waals surface area contributed by atoms with Crippen LogP contribution in [0, 0.1) is 0 Å². The van der Waals surface area contributed by atoms with Crippen LogP contribution in [0.5, 0.6) is 0 Å². The summed E-state index contributed by atoms with van der Waals surface area (Å²) in [6, 6.07) is 48.4. The van der Waals surface area contributed by atoms with Gasteiger partial charge in [0.1, 0.15) is 0 Å². The highest BCUT2D eigenvalue weighted by molar-refractivity contribution is 5.96. The molecule has 7 rings (SSSR count). The summed E-state index contributed by atoms with van der Waals surface area (Å²) >= 11 is 0. The predicted molar refractivity (Wildman–Crippen MR) is 181 cm³/mol. The number of nitrogens with zero attached hydrogens (tertiary/aromatic N) is 1. The number of allylic oxidation sites excluding steroid dienone is 2. The summed E-state index contributed by atoms with van der Waals surface area (Å²) in [7, 11) is 0. The number of benzene rings is 6. The highest BCUT2D eigenvalue weighted by atomic mass is 15.1. The van der Waals surface area contributed by atoms with Gasteiger partial charge in [-0.05, 0) is 104 Å². The first kappa shape index (κ1) is 25.8. The molecule has 0 unspecified atom stereocenters. The first-order valence-electron chi connectivity index (χ1n) is 14.5. The zero-order valence-electron chi connectivity index (χ0n) is 24.1. The van der Waals surface area contributed by atoms with Gasteiger partial charge in [-0.3, -0.25) is 0 Å². The monoisotopic (exact) mass is 539 g/mol. The molecule has 0 radical (unpaired) electrons. The molecule has 0 fully saturated rings. The molecule has 0 saturated carbocycles. The quantitative estimate of drug-likeness (QED) is 0.190. The Balaban J connectivity index is 1.36. The zero-order chi connectivity index (χ0) is 28.8. The smallest absolute Gasteiger partial charge is 0.0468 e. The molecule has 0 atom stereocenters. The average Bonchev–Trinajstić information content (AvgIpc) is 3.26. The molecule has 1 heteroatoms. The van der Waals surface area contributed by atoms with Gasteiger partial charge in [-0.15, -0.1) is 0 Å². The molecule has 202 valence electrons. The lowest BCUT2D eigenvalue weighted by atomic mass is 9.82. The third-order valence-electron chi connectivity index (χ3n) is 8.76. The first-order valence-corrected chi connectivity index (χ1v) is 14.5. The lowest BCUT2D eigenvalue weighted by molar-refractivity contribution is 0.661. The van der Waals surface area contributed by atoms with Crippen LogP contribution in [0.3, 0.4) is 0 Å². The third-order valence-corrected chi connectivity index (χ3v) is 8.76. The second-order valence-electron chi connectivity index (χ2n) is 11.6. The highest BCUT2D eigenvalue weighted by Gasteiger charge is 2.35. The van der Waals surface area contributed by atoms with Crippen molar-refractivity contribution >= 4 is 33.4 Å². The maximum atomic E-state index is 4.13. The second-order valence-corrected chi connectivity index (χ2v) is 11.6. The van der Waals surface area contributed by atoms with Crippen LogP contribution in [0.25, 0.3) is 38.6 Å². The van der Waals surface area contributed by atoms with E-state index >= 15 is 0 Å². The number of hydrogen-bond acceptors (Lipinski definition) is 1. The fraction of sp³-hybridized carbons (Fsp3) is 0.0732. The van der Waals surface area contributed by atoms with Gasteiger partial charge in [0.05, 0.1) is 0 Å². The van der Waals surface area contributed by atoms with Crippen molar-refractivity contribution in [2.75, 3.05) is 4.90 Å². The zero-order valence-corrected chi connectivity index (χ0v) is 24.1. The SMILES string of the molecule is C=CC(=C)c1ccc(N(c2ccc(-c3ccccc3)cc2)c2ccc3cc4c(cc3c2)-c2ccccc2C4(C)C)cc1. The molecular formula is C41H33N. The van der Waals surface area contributed by atoms with E-state index in [0.717, 1.165) is 28.2 Å². The van der Waals surface area contributed by atoms with Gasteiger partial charge in [0.15, 0.2) is 0 Å². The minimum Gasteiger partial charge on any atom is -0.310 e. The highest BCUT2D eigenvalue weighted by Crippen LogP contribution is 2.50. The van der Waals surface area contributed by atoms with Crippen molar-refractivity contribution in [3.8, 4) is 22.3 Å². The van der Waals surface area contributed by atoms with Gasteiger partial charge in [-0.2, -0.15) is 0 Å². The second kappa shape index (κ2) is 10.0. The van der Waals surface area contributed by atoms with Crippen molar-refractivity contribution in [2.24, 2.45) is 0 Å². The molecule has 0 bridgehead atoms. The van der Waals surface area contributed by atoms with E-state index in [1.807, 2.05) is 0 Å². The van der Waals surface area contributed by atoms with E-state index in [0.29, 0.717) is 0 Å². The van der Waals surface area contributed by atoms with Crippen LogP contribution in [0.15, 0.2) is 153 Å². The number of anilines is 3. The van der Waals surface area contributed by atoms with E-state index < -0.39 is 0 Å². The van der Waals surface area contributed by atoms with Crippen LogP contribution in [0.2, 0.25) is 0 Å². The third kappa shape index (κ3) is 4.26. The van der Waals surface area contributed by atoms with E-state index in [-0.39, 0.29) is 5.41 Å². The van der Waals surface area contributed by atoms with E-state index in [1.165, 1.54) is 44.2 Å². The van der Waals surface area contributed by atoms with Crippen LogP contribution >= 0.6 is 0 Å². The van der Waals surface area contributed by atoms with E-state index in [4.69, 9.17) is 0 Å². The first-order chi connectivity index (χ1) is 20.4. The maximum Gasteiger partial charge on any atom is 0.0468 e. The number of fused-ring (bicyclic) bond motifs is 4. The number of hydrogen-bond donors (Lipinski definition) is 0. The molecule has 1 nitrogen and oxygen atoms in total. The van der Waals surface area contributed by atoms with Crippen LogP contribution in [0.1, 0.15) is 30.5 Å². The Kier molecular flexibility index (Phi) is 6.17. The Bertz CT molecular complexity index is 1960. The molecule has 42 heavy (non-hydrogen) atoms. The minimum absolute atomic E-state index is 0.0114. The maximum absolute atomic E-state index is 4.13. The van der Waals surface area contributed by atoms with Crippen LogP contribution < -0.4 is 4.90 Å². The van der Waals surface area contributed by atoms with Gasteiger partial charge < -0.3 is 4.90 Å². The molecule has 0 aromatic heterocycles. The molecule has 1 aliphatic rings. The fourth-order valence-corrected chi connectivity index (χ4v) is 6.40. The summed E-state index contributed by atoms with van der Waals surface area (Å²) in [4.78, 5) is 2.33. The van der Waals surface area contributed by atoms with Crippen molar-refractivity contribution in [3.63, 3.8) is 0 Å². The van der Waals surface area contributed by atoms with Crippen LogP contribution in [0.4, 0.5) is 17.1 Å². The Hall–Kier alpha value is -5.14. The largest absolute Gasteiger partial charge is 0.310 e. The summed E-state index contributed by atoms with van der Waals surface area (Å²) in [6.07, 6.45) is 1.80. The summed E-state index contributed by atoms with van der Waals surface area (Å²) < 4.78 is 0. The molecule has 6 aromatic rings. The lowest BCUT2D eigenvalue weighted by Gasteiger charge is -2.26. The van der Waals surface area contributed by atoms with Crippen molar-refractivity contribution in [3.05, 3.63) is 169 Å². The van der Waals surface area contributed by atoms with Crippen molar-refractivity contribution in [2.45, 2.75) is 19.3 Å². The lowest BCUT2D eigenvalue weighted by Crippen LogP contribution is -2.14. The summed E-state index contributed by atoms with van der Waals surface area (Å²) in [5.41, 5.74) is 13.2. The van der Waals surface area contributed by atoms with Gasteiger partial charge in [0.25, 0.3) is 0 Å². The normalized spacial score (nSPS) is 12.9. The molecule has 0 N–H and O–H groups in total. The van der Waals surface area contributed by atoms with Gasteiger partial charge in [0.2, 0.25) is 0 Å².